The van der Waals surface area contributed by atoms with Crippen LogP contribution in [0.1, 0.15) is 5.56 Å². The van der Waals surface area contributed by atoms with Crippen LogP contribution in [0.2, 0.25) is 5.02 Å². The van der Waals surface area contributed by atoms with E-state index in [1.165, 1.54) is 35.8 Å². The lowest BCUT2D eigenvalue weighted by Crippen LogP contribution is -2.38. The van der Waals surface area contributed by atoms with Crippen LogP contribution in [0.15, 0.2) is 45.3 Å². The number of hydrogen-bond donors (Lipinski definition) is 1. The largest absolute Gasteiger partial charge is 0.332 e. The Balaban J connectivity index is 1.79. The Labute approximate surface area is 152 Å². The van der Waals surface area contributed by atoms with E-state index >= 15 is 0 Å². The Bertz CT molecular complexity index is 1120. The monoisotopic (exact) mass is 374 g/mol. The molecule has 0 saturated heterocycles. The molecule has 0 aliphatic heterocycles. The molecule has 1 N–H and O–H groups in total. The van der Waals surface area contributed by atoms with Crippen LogP contribution in [-0.2, 0) is 25.4 Å². The third kappa shape index (κ3) is 3.29. The summed E-state index contributed by atoms with van der Waals surface area (Å²) in [6, 6.07) is 6.93. The molecule has 2 aromatic heterocycles. The Kier molecular flexibility index (Phi) is 4.72. The van der Waals surface area contributed by atoms with Crippen molar-refractivity contribution in [2.45, 2.75) is 6.54 Å². The molecule has 10 heteroatoms. The molecule has 3 rings (SSSR count). The van der Waals surface area contributed by atoms with E-state index in [-0.39, 0.29) is 17.7 Å². The number of carbonyl (C=O) groups excluding carboxylic acids is 1. The van der Waals surface area contributed by atoms with E-state index in [1.54, 1.807) is 24.3 Å². The molecule has 0 bridgehead atoms. The summed E-state index contributed by atoms with van der Waals surface area (Å²) in [6.07, 6.45) is 2.82. The second-order valence-electron chi connectivity index (χ2n) is 5.60. The quantitative estimate of drug-likeness (QED) is 0.521. The van der Waals surface area contributed by atoms with Gasteiger partial charge in [-0.05, 0) is 17.7 Å². The van der Waals surface area contributed by atoms with Gasteiger partial charge in [-0.25, -0.2) is 15.2 Å². The summed E-state index contributed by atoms with van der Waals surface area (Å²) < 4.78 is 3.60. The van der Waals surface area contributed by atoms with Crippen LogP contribution in [0, 0.1) is 0 Å². The van der Waals surface area contributed by atoms with Gasteiger partial charge in [-0.1, -0.05) is 23.7 Å². The number of fused-ring (bicyclic) bond motifs is 1. The summed E-state index contributed by atoms with van der Waals surface area (Å²) in [5.41, 5.74) is 2.54. The fourth-order valence-electron chi connectivity index (χ4n) is 2.43. The highest BCUT2D eigenvalue weighted by Gasteiger charge is 2.15. The van der Waals surface area contributed by atoms with Crippen LogP contribution in [0.3, 0.4) is 0 Å². The molecule has 0 spiro atoms. The van der Waals surface area contributed by atoms with Crippen LogP contribution < -0.4 is 16.7 Å². The van der Waals surface area contributed by atoms with E-state index < -0.39 is 17.2 Å². The van der Waals surface area contributed by atoms with Crippen LogP contribution in [0.4, 0.5) is 0 Å². The number of amides is 1. The Morgan fingerprint density at radius 3 is 2.62 bits per heavy atom. The minimum Gasteiger partial charge on any atom is -0.315 e. The molecule has 1 aromatic carbocycles. The Morgan fingerprint density at radius 2 is 1.92 bits per heavy atom. The summed E-state index contributed by atoms with van der Waals surface area (Å²) in [6.45, 7) is -0.165. The fourth-order valence-corrected chi connectivity index (χ4v) is 2.56. The normalized spacial score (nSPS) is 11.3. The number of halogens is 1. The van der Waals surface area contributed by atoms with E-state index in [4.69, 9.17) is 11.6 Å². The zero-order chi connectivity index (χ0) is 18.8. The van der Waals surface area contributed by atoms with E-state index in [0.717, 1.165) is 10.1 Å². The molecule has 3 aromatic rings. The maximum atomic E-state index is 12.3. The number of nitrogens with zero attached hydrogens (tertiary/aromatic N) is 5. The summed E-state index contributed by atoms with van der Waals surface area (Å²) in [5, 5.41) is 4.47. The molecule has 0 unspecified atom stereocenters. The van der Waals surface area contributed by atoms with Gasteiger partial charge in [0.2, 0.25) is 0 Å². The van der Waals surface area contributed by atoms with Crippen molar-refractivity contribution in [3.05, 3.63) is 62.0 Å². The third-order valence-electron chi connectivity index (χ3n) is 3.80. The smallest absolute Gasteiger partial charge is 0.315 e. The van der Waals surface area contributed by atoms with Crippen LogP contribution in [0.5, 0.6) is 0 Å². The number of rotatable bonds is 4. The molecule has 134 valence electrons. The minimum atomic E-state index is -0.516. The van der Waals surface area contributed by atoms with E-state index in [1.807, 2.05) is 0 Å². The number of aromatic nitrogens is 4. The SMILES string of the molecule is Cn1c(=O)c2c(ncn2CC(=O)N/N=C/c2ccc(Cl)cc2)n(C)c1=O. The lowest BCUT2D eigenvalue weighted by Gasteiger charge is -2.05. The molecular formula is C16H15ClN6O3. The van der Waals surface area contributed by atoms with Crippen molar-refractivity contribution in [2.24, 2.45) is 19.2 Å². The van der Waals surface area contributed by atoms with Gasteiger partial charge in [0, 0.05) is 19.1 Å². The Morgan fingerprint density at radius 1 is 1.23 bits per heavy atom. The van der Waals surface area contributed by atoms with Gasteiger partial charge in [0.05, 0.1) is 12.5 Å². The first-order chi connectivity index (χ1) is 12.4. The summed E-state index contributed by atoms with van der Waals surface area (Å²) in [7, 11) is 2.88. The Hall–Kier alpha value is -3.20. The highest BCUT2D eigenvalue weighted by molar-refractivity contribution is 6.30. The number of benzene rings is 1. The number of imidazole rings is 1. The zero-order valence-electron chi connectivity index (χ0n) is 14.0. The van der Waals surface area contributed by atoms with Crippen molar-refractivity contribution in [1.82, 2.24) is 24.1 Å². The average Bonchev–Trinajstić information content (AvgIpc) is 3.03. The highest BCUT2D eigenvalue weighted by Crippen LogP contribution is 2.08. The first-order valence-electron chi connectivity index (χ1n) is 7.57. The molecule has 9 nitrogen and oxygen atoms in total. The van der Waals surface area contributed by atoms with E-state index in [2.05, 4.69) is 15.5 Å². The number of aryl methyl sites for hydroxylation is 1. The average molecular weight is 375 g/mol. The third-order valence-corrected chi connectivity index (χ3v) is 4.06. The van der Waals surface area contributed by atoms with Crippen LogP contribution in [-0.4, -0.2) is 30.8 Å². The summed E-state index contributed by atoms with van der Waals surface area (Å²) >= 11 is 5.80. The second kappa shape index (κ2) is 6.96. The molecule has 26 heavy (non-hydrogen) atoms. The zero-order valence-corrected chi connectivity index (χ0v) is 14.8. The fraction of sp³-hybridized carbons (Fsp3) is 0.188. The molecule has 0 aliphatic carbocycles. The molecule has 0 atom stereocenters. The number of nitrogens with one attached hydrogen (secondary N) is 1. The van der Waals surface area contributed by atoms with Crippen molar-refractivity contribution in [3.63, 3.8) is 0 Å². The lowest BCUT2D eigenvalue weighted by atomic mass is 10.2. The van der Waals surface area contributed by atoms with E-state index in [0.29, 0.717) is 5.02 Å². The highest BCUT2D eigenvalue weighted by atomic mass is 35.5. The number of hydrazone groups is 1. The van der Waals surface area contributed by atoms with Gasteiger partial charge >= 0.3 is 5.69 Å². The standard InChI is InChI=1S/C16H15ClN6O3/c1-21-14-13(15(25)22(2)16(21)26)23(9-18-14)8-12(24)20-19-7-10-3-5-11(17)6-4-10/h3-7,9H,8H2,1-2H3,(H,20,24)/b19-7+. The number of hydrogen-bond acceptors (Lipinski definition) is 5. The van der Waals surface area contributed by atoms with E-state index in [9.17, 15) is 14.4 Å². The number of carbonyl (C=O) groups is 1. The van der Waals surface area contributed by atoms with Crippen molar-refractivity contribution >= 4 is 34.9 Å². The van der Waals surface area contributed by atoms with Crippen LogP contribution >= 0.6 is 11.6 Å². The van der Waals surface area contributed by atoms with Crippen molar-refractivity contribution in [2.75, 3.05) is 0 Å². The first kappa shape index (κ1) is 17.6. The topological polar surface area (TPSA) is 103 Å². The summed E-state index contributed by atoms with van der Waals surface area (Å²) in [4.78, 5) is 40.3. The minimum absolute atomic E-state index is 0.165. The van der Waals surface area contributed by atoms with Crippen LogP contribution in [0.25, 0.3) is 11.2 Å². The lowest BCUT2D eigenvalue weighted by molar-refractivity contribution is -0.121. The van der Waals surface area contributed by atoms with Gasteiger partial charge < -0.3 is 4.57 Å². The van der Waals surface area contributed by atoms with Crippen molar-refractivity contribution in [1.29, 1.82) is 0 Å². The van der Waals surface area contributed by atoms with Crippen molar-refractivity contribution < 1.29 is 4.79 Å². The van der Waals surface area contributed by atoms with Gasteiger partial charge in [0.15, 0.2) is 11.2 Å². The van der Waals surface area contributed by atoms with Crippen molar-refractivity contribution in [3.8, 4) is 0 Å². The predicted octanol–water partition coefficient (Wildman–Crippen LogP) is 0.237. The maximum Gasteiger partial charge on any atom is 0.332 e. The molecule has 2 heterocycles. The molecule has 0 radical (unpaired) electrons. The van der Waals surface area contributed by atoms with Gasteiger partial charge in [0.1, 0.15) is 6.54 Å². The first-order valence-corrected chi connectivity index (χ1v) is 7.94. The molecule has 0 saturated carbocycles. The molecule has 0 fully saturated rings. The maximum absolute atomic E-state index is 12.3. The molecule has 1 amide bonds. The predicted molar refractivity (Wildman–Crippen MR) is 97.4 cm³/mol. The summed E-state index contributed by atoms with van der Waals surface area (Å²) in [5.74, 6) is -0.439. The van der Waals surface area contributed by atoms with Gasteiger partial charge in [-0.15, -0.1) is 0 Å². The molecular weight excluding hydrogens is 360 g/mol. The van der Waals surface area contributed by atoms with Gasteiger partial charge in [-0.2, -0.15) is 5.10 Å². The van der Waals surface area contributed by atoms with Gasteiger partial charge in [0.25, 0.3) is 11.5 Å². The second-order valence-corrected chi connectivity index (χ2v) is 6.03. The molecule has 0 aliphatic rings. The van der Waals surface area contributed by atoms with Gasteiger partial charge in [-0.3, -0.25) is 18.7 Å².